The van der Waals surface area contributed by atoms with Gasteiger partial charge in [0.2, 0.25) is 0 Å². The topological polar surface area (TPSA) is 46.5 Å². The lowest BCUT2D eigenvalue weighted by molar-refractivity contribution is -0.137. The van der Waals surface area contributed by atoms with Crippen LogP contribution < -0.4 is 0 Å². The Labute approximate surface area is 104 Å². The summed E-state index contributed by atoms with van der Waals surface area (Å²) in [6, 6.07) is 7.88. The zero-order valence-electron chi connectivity index (χ0n) is 9.15. The molecular weight excluding hydrogens is 272 g/mol. The number of aliphatic carboxylic acids is 1. The summed E-state index contributed by atoms with van der Waals surface area (Å²) < 4.78 is 6.57. The molecule has 0 saturated heterocycles. The van der Waals surface area contributed by atoms with Gasteiger partial charge in [0.15, 0.2) is 0 Å². The Balaban J connectivity index is 2.31. The van der Waals surface area contributed by atoms with Crippen molar-refractivity contribution in [2.75, 3.05) is 0 Å². The predicted octanol–water partition coefficient (Wildman–Crippen LogP) is 3.22. The zero-order valence-corrected chi connectivity index (χ0v) is 10.7. The summed E-state index contributed by atoms with van der Waals surface area (Å²) in [6.07, 6.45) is 0.665. The number of carboxylic acids is 1. The molecule has 4 heteroatoms. The van der Waals surface area contributed by atoms with E-state index in [2.05, 4.69) is 15.9 Å². The van der Waals surface area contributed by atoms with Gasteiger partial charge in [0.05, 0.1) is 12.7 Å². The fourth-order valence-electron chi connectivity index (χ4n) is 1.28. The Bertz CT molecular complexity index is 352. The van der Waals surface area contributed by atoms with Crippen LogP contribution in [0, 0.1) is 0 Å². The molecule has 0 aromatic heterocycles. The monoisotopic (exact) mass is 286 g/mol. The van der Waals surface area contributed by atoms with E-state index in [1.165, 1.54) is 0 Å². The predicted molar refractivity (Wildman–Crippen MR) is 65.3 cm³/mol. The standard InChI is InChI=1S/C12H15BrO3/c1-9(5-6-12(14)15)16-8-10-3-2-4-11(13)7-10/h2-4,7,9H,5-6,8H2,1H3,(H,14,15). The molecule has 16 heavy (non-hydrogen) atoms. The molecule has 1 unspecified atom stereocenters. The molecule has 0 fully saturated rings. The molecule has 0 aliphatic heterocycles. The van der Waals surface area contributed by atoms with Crippen LogP contribution in [-0.4, -0.2) is 17.2 Å². The normalized spacial score (nSPS) is 12.4. The largest absolute Gasteiger partial charge is 0.481 e. The molecule has 0 spiro atoms. The van der Waals surface area contributed by atoms with E-state index in [9.17, 15) is 4.79 Å². The first-order valence-corrected chi connectivity index (χ1v) is 5.95. The number of carboxylic acid groups (broad SMARTS) is 1. The number of carbonyl (C=O) groups is 1. The summed E-state index contributed by atoms with van der Waals surface area (Å²) >= 11 is 3.39. The van der Waals surface area contributed by atoms with E-state index in [-0.39, 0.29) is 12.5 Å². The van der Waals surface area contributed by atoms with Gasteiger partial charge in [0, 0.05) is 10.9 Å². The molecule has 88 valence electrons. The molecular formula is C12H15BrO3. The van der Waals surface area contributed by atoms with Gasteiger partial charge >= 0.3 is 5.97 Å². The van der Waals surface area contributed by atoms with Crippen molar-refractivity contribution in [1.29, 1.82) is 0 Å². The van der Waals surface area contributed by atoms with Gasteiger partial charge in [0.1, 0.15) is 0 Å². The lowest BCUT2D eigenvalue weighted by Gasteiger charge is -2.11. The van der Waals surface area contributed by atoms with E-state index in [0.717, 1.165) is 10.0 Å². The summed E-state index contributed by atoms with van der Waals surface area (Å²) in [5, 5.41) is 8.52. The first-order chi connectivity index (χ1) is 7.58. The van der Waals surface area contributed by atoms with Gasteiger partial charge in [-0.15, -0.1) is 0 Å². The molecule has 0 radical (unpaired) electrons. The SMILES string of the molecule is CC(CCC(=O)O)OCc1cccc(Br)c1. The average molecular weight is 287 g/mol. The minimum absolute atomic E-state index is 0.0323. The molecule has 1 aromatic carbocycles. The Morgan fingerprint density at radius 3 is 2.94 bits per heavy atom. The highest BCUT2D eigenvalue weighted by atomic mass is 79.9. The zero-order chi connectivity index (χ0) is 12.0. The van der Waals surface area contributed by atoms with Gasteiger partial charge in [-0.05, 0) is 31.0 Å². The third-order valence-electron chi connectivity index (χ3n) is 2.19. The Kier molecular flexibility index (Phi) is 5.49. The van der Waals surface area contributed by atoms with E-state index in [1.807, 2.05) is 31.2 Å². The van der Waals surface area contributed by atoms with Gasteiger partial charge in [-0.2, -0.15) is 0 Å². The van der Waals surface area contributed by atoms with Crippen LogP contribution in [0.2, 0.25) is 0 Å². The fraction of sp³-hybridized carbons (Fsp3) is 0.417. The first kappa shape index (κ1) is 13.2. The number of benzene rings is 1. The molecule has 0 amide bonds. The van der Waals surface area contributed by atoms with Crippen molar-refractivity contribution in [3.05, 3.63) is 34.3 Å². The molecule has 0 aliphatic carbocycles. The van der Waals surface area contributed by atoms with Crippen LogP contribution >= 0.6 is 15.9 Å². The second-order valence-electron chi connectivity index (χ2n) is 3.68. The summed E-state index contributed by atoms with van der Waals surface area (Å²) in [6.45, 7) is 2.40. The minimum atomic E-state index is -0.780. The Morgan fingerprint density at radius 1 is 1.56 bits per heavy atom. The summed E-state index contributed by atoms with van der Waals surface area (Å²) in [4.78, 5) is 10.4. The Hall–Kier alpha value is -0.870. The third kappa shape index (κ3) is 5.28. The van der Waals surface area contributed by atoms with Crippen LogP contribution in [0.3, 0.4) is 0 Å². The summed E-state index contributed by atoms with van der Waals surface area (Å²) in [7, 11) is 0. The molecule has 0 aliphatic rings. The number of hydrogen-bond acceptors (Lipinski definition) is 2. The molecule has 0 saturated carbocycles. The molecule has 1 N–H and O–H groups in total. The van der Waals surface area contributed by atoms with Gasteiger partial charge in [-0.1, -0.05) is 28.1 Å². The highest BCUT2D eigenvalue weighted by molar-refractivity contribution is 9.10. The number of ether oxygens (including phenoxy) is 1. The van der Waals surface area contributed by atoms with Crippen LogP contribution in [0.4, 0.5) is 0 Å². The van der Waals surface area contributed by atoms with E-state index < -0.39 is 5.97 Å². The first-order valence-electron chi connectivity index (χ1n) is 5.16. The fourth-order valence-corrected chi connectivity index (χ4v) is 1.72. The van der Waals surface area contributed by atoms with Crippen LogP contribution in [0.5, 0.6) is 0 Å². The van der Waals surface area contributed by atoms with Crippen molar-refractivity contribution in [3.63, 3.8) is 0 Å². The molecule has 1 rings (SSSR count). The van der Waals surface area contributed by atoms with Crippen LogP contribution in [-0.2, 0) is 16.1 Å². The highest BCUT2D eigenvalue weighted by Gasteiger charge is 2.05. The average Bonchev–Trinajstić information content (AvgIpc) is 2.23. The van der Waals surface area contributed by atoms with Gasteiger partial charge in [-0.25, -0.2) is 0 Å². The van der Waals surface area contributed by atoms with Crippen molar-refractivity contribution in [2.45, 2.75) is 32.5 Å². The molecule has 1 atom stereocenters. The maximum Gasteiger partial charge on any atom is 0.303 e. The smallest absolute Gasteiger partial charge is 0.303 e. The third-order valence-corrected chi connectivity index (χ3v) is 2.68. The minimum Gasteiger partial charge on any atom is -0.481 e. The van der Waals surface area contributed by atoms with E-state index in [4.69, 9.17) is 9.84 Å². The number of rotatable bonds is 6. The summed E-state index contributed by atoms with van der Waals surface area (Å²) in [5.74, 6) is -0.780. The van der Waals surface area contributed by atoms with Crippen molar-refractivity contribution in [2.24, 2.45) is 0 Å². The van der Waals surface area contributed by atoms with Crippen molar-refractivity contribution < 1.29 is 14.6 Å². The number of halogens is 1. The molecule has 3 nitrogen and oxygen atoms in total. The second-order valence-corrected chi connectivity index (χ2v) is 4.60. The highest BCUT2D eigenvalue weighted by Crippen LogP contribution is 2.13. The lowest BCUT2D eigenvalue weighted by atomic mass is 10.2. The van der Waals surface area contributed by atoms with Gasteiger partial charge < -0.3 is 9.84 Å². The maximum absolute atomic E-state index is 10.4. The molecule has 1 aromatic rings. The molecule has 0 bridgehead atoms. The van der Waals surface area contributed by atoms with Crippen LogP contribution in [0.15, 0.2) is 28.7 Å². The van der Waals surface area contributed by atoms with Crippen molar-refractivity contribution in [1.82, 2.24) is 0 Å². The number of hydrogen-bond donors (Lipinski definition) is 1. The Morgan fingerprint density at radius 2 is 2.31 bits per heavy atom. The quantitative estimate of drug-likeness (QED) is 0.873. The molecule has 0 heterocycles. The van der Waals surface area contributed by atoms with Crippen molar-refractivity contribution >= 4 is 21.9 Å². The van der Waals surface area contributed by atoms with E-state index in [0.29, 0.717) is 13.0 Å². The van der Waals surface area contributed by atoms with Crippen molar-refractivity contribution in [3.8, 4) is 0 Å². The lowest BCUT2D eigenvalue weighted by Crippen LogP contribution is -2.10. The van der Waals surface area contributed by atoms with Crippen LogP contribution in [0.1, 0.15) is 25.3 Å². The summed E-state index contributed by atoms with van der Waals surface area (Å²) in [5.41, 5.74) is 1.08. The van der Waals surface area contributed by atoms with Gasteiger partial charge in [0.25, 0.3) is 0 Å². The van der Waals surface area contributed by atoms with Crippen LogP contribution in [0.25, 0.3) is 0 Å². The second kappa shape index (κ2) is 6.66. The van der Waals surface area contributed by atoms with E-state index >= 15 is 0 Å². The maximum atomic E-state index is 10.4. The van der Waals surface area contributed by atoms with Gasteiger partial charge in [-0.3, -0.25) is 4.79 Å². The van der Waals surface area contributed by atoms with E-state index in [1.54, 1.807) is 0 Å².